The third kappa shape index (κ3) is 4.64. The van der Waals surface area contributed by atoms with E-state index in [1.807, 2.05) is 19.9 Å². The van der Waals surface area contributed by atoms with E-state index in [4.69, 9.17) is 0 Å². The fourth-order valence-electron chi connectivity index (χ4n) is 2.94. The third-order valence-corrected chi connectivity index (χ3v) is 4.23. The molecule has 5 heteroatoms. The zero-order valence-electron chi connectivity index (χ0n) is 14.1. The summed E-state index contributed by atoms with van der Waals surface area (Å²) in [5.74, 6) is 1.37. The molecule has 118 valence electrons. The molecule has 2 rings (SSSR count). The lowest BCUT2D eigenvalue weighted by Crippen LogP contribution is -2.52. The van der Waals surface area contributed by atoms with E-state index in [-0.39, 0.29) is 0 Å². The predicted molar refractivity (Wildman–Crippen MR) is 87.7 cm³/mol. The normalized spacial score (nSPS) is 19.0. The van der Waals surface area contributed by atoms with E-state index in [0.717, 1.165) is 50.1 Å². The number of hydrogen-bond donors (Lipinski definition) is 1. The molecule has 0 saturated carbocycles. The van der Waals surface area contributed by atoms with Gasteiger partial charge in [0, 0.05) is 50.2 Å². The van der Waals surface area contributed by atoms with Crippen molar-refractivity contribution in [3.63, 3.8) is 0 Å². The van der Waals surface area contributed by atoms with E-state index in [1.54, 1.807) is 0 Å². The van der Waals surface area contributed by atoms with Crippen molar-refractivity contribution in [1.82, 2.24) is 19.8 Å². The van der Waals surface area contributed by atoms with Crippen LogP contribution in [0.3, 0.4) is 0 Å². The van der Waals surface area contributed by atoms with Gasteiger partial charge in [0.1, 0.15) is 0 Å². The van der Waals surface area contributed by atoms with E-state index in [1.165, 1.54) is 0 Å². The molecule has 1 aliphatic heterocycles. The van der Waals surface area contributed by atoms with Crippen LogP contribution in [0, 0.1) is 19.8 Å². The van der Waals surface area contributed by atoms with Gasteiger partial charge in [-0.25, -0.2) is 9.97 Å². The zero-order chi connectivity index (χ0) is 15.4. The lowest BCUT2D eigenvalue weighted by Gasteiger charge is -2.39. The van der Waals surface area contributed by atoms with Gasteiger partial charge >= 0.3 is 0 Å². The summed E-state index contributed by atoms with van der Waals surface area (Å²) in [7, 11) is 2.20. The van der Waals surface area contributed by atoms with Crippen LogP contribution in [-0.2, 0) is 0 Å². The summed E-state index contributed by atoms with van der Waals surface area (Å²) in [5.41, 5.74) is 2.04. The Morgan fingerprint density at radius 2 is 1.67 bits per heavy atom. The van der Waals surface area contributed by atoms with Gasteiger partial charge in [0.25, 0.3) is 0 Å². The number of anilines is 1. The monoisotopic (exact) mass is 291 g/mol. The van der Waals surface area contributed by atoms with Crippen LogP contribution >= 0.6 is 0 Å². The maximum atomic E-state index is 4.47. The Labute approximate surface area is 128 Å². The van der Waals surface area contributed by atoms with Crippen molar-refractivity contribution in [1.29, 1.82) is 0 Å². The number of likely N-dealkylation sites (N-methyl/N-ethyl adjacent to an activating group) is 1. The lowest BCUT2D eigenvalue weighted by atomic mass is 10.0. The number of rotatable bonds is 5. The van der Waals surface area contributed by atoms with Crippen molar-refractivity contribution in [2.45, 2.75) is 33.7 Å². The van der Waals surface area contributed by atoms with E-state index in [2.05, 4.69) is 46.0 Å². The Hall–Kier alpha value is -1.20. The Balaban J connectivity index is 1.96. The van der Waals surface area contributed by atoms with Crippen molar-refractivity contribution in [3.05, 3.63) is 17.5 Å². The van der Waals surface area contributed by atoms with Gasteiger partial charge in [-0.1, -0.05) is 13.8 Å². The fourth-order valence-corrected chi connectivity index (χ4v) is 2.94. The van der Waals surface area contributed by atoms with Crippen molar-refractivity contribution in [2.75, 3.05) is 45.1 Å². The molecule has 1 atom stereocenters. The Kier molecular flexibility index (Phi) is 5.53. The quantitative estimate of drug-likeness (QED) is 0.896. The van der Waals surface area contributed by atoms with Crippen LogP contribution in [0.25, 0.3) is 0 Å². The Morgan fingerprint density at radius 1 is 1.10 bits per heavy atom. The second-order valence-electron chi connectivity index (χ2n) is 6.51. The summed E-state index contributed by atoms with van der Waals surface area (Å²) in [4.78, 5) is 13.9. The summed E-state index contributed by atoms with van der Waals surface area (Å²) in [6.07, 6.45) is 0. The molecule has 2 heterocycles. The molecule has 0 aromatic carbocycles. The molecule has 1 fully saturated rings. The third-order valence-electron chi connectivity index (χ3n) is 4.23. The molecule has 1 aromatic heterocycles. The van der Waals surface area contributed by atoms with Crippen LogP contribution in [0.2, 0.25) is 0 Å². The molecular formula is C16H29N5. The standard InChI is InChI=1S/C16H29N5/c1-12(2)15(21-8-6-20(5)7-9-21)11-17-16-18-13(3)10-14(4)19-16/h10,12,15H,6-9,11H2,1-5H3,(H,17,18,19). The SMILES string of the molecule is Cc1cc(C)nc(NCC(C(C)C)N2CCN(C)CC2)n1. The zero-order valence-corrected chi connectivity index (χ0v) is 14.1. The second kappa shape index (κ2) is 7.18. The molecule has 1 aliphatic rings. The summed E-state index contributed by atoms with van der Waals surface area (Å²) >= 11 is 0. The van der Waals surface area contributed by atoms with Crippen LogP contribution in [-0.4, -0.2) is 65.6 Å². The highest BCUT2D eigenvalue weighted by molar-refractivity contribution is 5.27. The molecule has 0 radical (unpaired) electrons. The maximum Gasteiger partial charge on any atom is 0.223 e. The maximum absolute atomic E-state index is 4.47. The van der Waals surface area contributed by atoms with E-state index in [9.17, 15) is 0 Å². The molecule has 1 saturated heterocycles. The van der Waals surface area contributed by atoms with Gasteiger partial charge < -0.3 is 10.2 Å². The highest BCUT2D eigenvalue weighted by atomic mass is 15.3. The van der Waals surface area contributed by atoms with Gasteiger partial charge in [-0.15, -0.1) is 0 Å². The van der Waals surface area contributed by atoms with Crippen molar-refractivity contribution in [3.8, 4) is 0 Å². The molecule has 0 aliphatic carbocycles. The largest absolute Gasteiger partial charge is 0.353 e. The van der Waals surface area contributed by atoms with Gasteiger partial charge in [-0.2, -0.15) is 0 Å². The second-order valence-corrected chi connectivity index (χ2v) is 6.51. The van der Waals surface area contributed by atoms with Gasteiger partial charge in [0.15, 0.2) is 0 Å². The number of aromatic nitrogens is 2. The van der Waals surface area contributed by atoms with Crippen LogP contribution in [0.5, 0.6) is 0 Å². The minimum atomic E-state index is 0.531. The molecule has 5 nitrogen and oxygen atoms in total. The number of hydrogen-bond acceptors (Lipinski definition) is 5. The first-order valence-corrected chi connectivity index (χ1v) is 7.94. The molecule has 0 bridgehead atoms. The van der Waals surface area contributed by atoms with Crippen LogP contribution < -0.4 is 5.32 Å². The predicted octanol–water partition coefficient (Wildman–Crippen LogP) is 1.78. The topological polar surface area (TPSA) is 44.3 Å². The molecule has 0 spiro atoms. The van der Waals surface area contributed by atoms with Gasteiger partial charge in [-0.3, -0.25) is 4.90 Å². The van der Waals surface area contributed by atoms with Crippen LogP contribution in [0.4, 0.5) is 5.95 Å². The summed E-state index contributed by atoms with van der Waals surface area (Å²) in [5, 5.41) is 3.44. The highest BCUT2D eigenvalue weighted by Crippen LogP contribution is 2.14. The number of aryl methyl sites for hydroxylation is 2. The Bertz CT molecular complexity index is 432. The molecule has 1 aromatic rings. The highest BCUT2D eigenvalue weighted by Gasteiger charge is 2.24. The van der Waals surface area contributed by atoms with Crippen LogP contribution in [0.15, 0.2) is 6.07 Å². The van der Waals surface area contributed by atoms with Crippen molar-refractivity contribution in [2.24, 2.45) is 5.92 Å². The number of piperazine rings is 1. The summed E-state index contributed by atoms with van der Waals surface area (Å²) < 4.78 is 0. The van der Waals surface area contributed by atoms with Gasteiger partial charge in [0.05, 0.1) is 0 Å². The molecule has 1 N–H and O–H groups in total. The molecule has 0 amide bonds. The molecule has 21 heavy (non-hydrogen) atoms. The van der Waals surface area contributed by atoms with E-state index in [0.29, 0.717) is 12.0 Å². The van der Waals surface area contributed by atoms with Gasteiger partial charge in [-0.05, 0) is 32.9 Å². The first-order chi connectivity index (χ1) is 9.95. The average molecular weight is 291 g/mol. The van der Waals surface area contributed by atoms with Crippen LogP contribution in [0.1, 0.15) is 25.2 Å². The Morgan fingerprint density at radius 3 is 2.19 bits per heavy atom. The number of nitrogens with zero attached hydrogens (tertiary/aromatic N) is 4. The minimum absolute atomic E-state index is 0.531. The average Bonchev–Trinajstić information content (AvgIpc) is 2.39. The smallest absolute Gasteiger partial charge is 0.223 e. The van der Waals surface area contributed by atoms with Crippen molar-refractivity contribution < 1.29 is 0 Å². The molecule has 1 unspecified atom stereocenters. The van der Waals surface area contributed by atoms with E-state index >= 15 is 0 Å². The minimum Gasteiger partial charge on any atom is -0.353 e. The first kappa shape index (κ1) is 16.2. The lowest BCUT2D eigenvalue weighted by molar-refractivity contribution is 0.0943. The first-order valence-electron chi connectivity index (χ1n) is 7.94. The van der Waals surface area contributed by atoms with Crippen molar-refractivity contribution >= 4 is 5.95 Å². The fraction of sp³-hybridized carbons (Fsp3) is 0.750. The number of nitrogens with one attached hydrogen (secondary N) is 1. The van der Waals surface area contributed by atoms with E-state index < -0.39 is 0 Å². The van der Waals surface area contributed by atoms with Gasteiger partial charge in [0.2, 0.25) is 5.95 Å². The summed E-state index contributed by atoms with van der Waals surface area (Å²) in [6, 6.07) is 2.54. The molecular weight excluding hydrogens is 262 g/mol. The summed E-state index contributed by atoms with van der Waals surface area (Å²) in [6.45, 7) is 14.1.